The lowest BCUT2D eigenvalue weighted by Crippen LogP contribution is -2.37. The molecule has 3 N–H and O–H groups in total. The highest BCUT2D eigenvalue weighted by Crippen LogP contribution is 2.21. The average Bonchev–Trinajstić information content (AvgIpc) is 2.38. The van der Waals surface area contributed by atoms with Crippen molar-refractivity contribution in [2.24, 2.45) is 0 Å². The second-order valence-electron chi connectivity index (χ2n) is 4.09. The molecule has 0 radical (unpaired) electrons. The van der Waals surface area contributed by atoms with Crippen LogP contribution in [0.5, 0.6) is 5.75 Å². The number of urea groups is 1. The van der Waals surface area contributed by atoms with Gasteiger partial charge in [0.1, 0.15) is 0 Å². The van der Waals surface area contributed by atoms with E-state index in [-0.39, 0.29) is 24.4 Å². The van der Waals surface area contributed by atoms with Crippen molar-refractivity contribution in [1.29, 1.82) is 0 Å². The van der Waals surface area contributed by atoms with Crippen molar-refractivity contribution in [1.82, 2.24) is 10.6 Å². The predicted octanol–water partition coefficient (Wildman–Crippen LogP) is 1.58. The van der Waals surface area contributed by atoms with E-state index in [1.165, 1.54) is 19.2 Å². The number of aliphatic hydroxyl groups excluding tert-OH is 1. The van der Waals surface area contributed by atoms with E-state index in [4.69, 9.17) is 9.84 Å². The number of hydrogen-bond donors (Lipinski definition) is 3. The molecule has 0 saturated carbocycles. The number of methoxy groups -OCH3 is 1. The summed E-state index contributed by atoms with van der Waals surface area (Å²) in [7, 11) is 1.40. The summed E-state index contributed by atoms with van der Waals surface area (Å²) >= 11 is 0. The highest BCUT2D eigenvalue weighted by molar-refractivity contribution is 5.74. The summed E-state index contributed by atoms with van der Waals surface area (Å²) < 4.78 is 18.3. The molecule has 19 heavy (non-hydrogen) atoms. The molecule has 0 bridgehead atoms. The van der Waals surface area contributed by atoms with Crippen molar-refractivity contribution < 1.29 is 19.0 Å². The van der Waals surface area contributed by atoms with Gasteiger partial charge in [0.25, 0.3) is 0 Å². The van der Waals surface area contributed by atoms with Gasteiger partial charge in [-0.1, -0.05) is 6.07 Å². The van der Waals surface area contributed by atoms with E-state index in [0.29, 0.717) is 18.5 Å². The lowest BCUT2D eigenvalue weighted by atomic mass is 10.1. The van der Waals surface area contributed by atoms with E-state index in [0.717, 1.165) is 0 Å². The normalized spacial score (nSPS) is 11.8. The molecule has 1 unspecified atom stereocenters. The summed E-state index contributed by atoms with van der Waals surface area (Å²) in [6.45, 7) is 2.18. The Hall–Kier alpha value is -1.82. The van der Waals surface area contributed by atoms with Gasteiger partial charge in [-0.25, -0.2) is 9.18 Å². The third-order valence-electron chi connectivity index (χ3n) is 2.64. The van der Waals surface area contributed by atoms with E-state index in [9.17, 15) is 9.18 Å². The molecular formula is C13H19FN2O3. The summed E-state index contributed by atoms with van der Waals surface area (Å²) in [5, 5.41) is 13.9. The summed E-state index contributed by atoms with van der Waals surface area (Å²) in [4.78, 5) is 11.5. The van der Waals surface area contributed by atoms with E-state index < -0.39 is 5.82 Å². The van der Waals surface area contributed by atoms with Gasteiger partial charge >= 0.3 is 6.03 Å². The van der Waals surface area contributed by atoms with Crippen molar-refractivity contribution in [3.63, 3.8) is 0 Å². The summed E-state index contributed by atoms with van der Waals surface area (Å²) in [6, 6.07) is 3.87. The number of nitrogens with one attached hydrogen (secondary N) is 2. The fourth-order valence-corrected chi connectivity index (χ4v) is 1.56. The first kappa shape index (κ1) is 15.2. The van der Waals surface area contributed by atoms with E-state index >= 15 is 0 Å². The van der Waals surface area contributed by atoms with Crippen LogP contribution < -0.4 is 15.4 Å². The van der Waals surface area contributed by atoms with Crippen LogP contribution in [0.15, 0.2) is 18.2 Å². The highest BCUT2D eigenvalue weighted by atomic mass is 19.1. The maximum atomic E-state index is 13.5. The van der Waals surface area contributed by atoms with E-state index in [1.807, 2.05) is 0 Å². The van der Waals surface area contributed by atoms with Crippen LogP contribution in [-0.2, 0) is 0 Å². The van der Waals surface area contributed by atoms with Gasteiger partial charge < -0.3 is 20.5 Å². The molecular weight excluding hydrogens is 251 g/mol. The Morgan fingerprint density at radius 3 is 2.84 bits per heavy atom. The van der Waals surface area contributed by atoms with Gasteiger partial charge in [0.05, 0.1) is 13.2 Å². The fraction of sp³-hybridized carbons (Fsp3) is 0.462. The SMILES string of the molecule is COc1ccc(C(C)NC(=O)NCCCO)cc1F. The zero-order valence-corrected chi connectivity index (χ0v) is 11.1. The molecule has 0 aliphatic heterocycles. The second-order valence-corrected chi connectivity index (χ2v) is 4.09. The number of aliphatic hydroxyl groups is 1. The minimum atomic E-state index is -0.464. The zero-order valence-electron chi connectivity index (χ0n) is 11.1. The standard InChI is InChI=1S/C13H19FN2O3/c1-9(16-13(18)15-6-3-7-17)10-4-5-12(19-2)11(14)8-10/h4-5,8-9,17H,3,6-7H2,1-2H3,(H2,15,16,18). The van der Waals surface area contributed by atoms with Crippen molar-refractivity contribution in [3.8, 4) is 5.75 Å². The summed E-state index contributed by atoms with van der Waals surface area (Å²) in [6.07, 6.45) is 0.499. The molecule has 0 saturated heterocycles. The van der Waals surface area contributed by atoms with Crippen LogP contribution in [0.3, 0.4) is 0 Å². The molecule has 2 amide bonds. The molecule has 1 aromatic carbocycles. The minimum absolute atomic E-state index is 0.0273. The lowest BCUT2D eigenvalue weighted by Gasteiger charge is -2.15. The van der Waals surface area contributed by atoms with Gasteiger partial charge in [0, 0.05) is 13.2 Å². The third kappa shape index (κ3) is 4.75. The summed E-state index contributed by atoms with van der Waals surface area (Å²) in [5.41, 5.74) is 0.649. The topological polar surface area (TPSA) is 70.6 Å². The highest BCUT2D eigenvalue weighted by Gasteiger charge is 2.11. The smallest absolute Gasteiger partial charge is 0.315 e. The largest absolute Gasteiger partial charge is 0.494 e. The molecule has 6 heteroatoms. The van der Waals surface area contributed by atoms with Crippen LogP contribution in [0.2, 0.25) is 0 Å². The average molecular weight is 270 g/mol. The van der Waals surface area contributed by atoms with Crippen LogP contribution in [-0.4, -0.2) is 31.4 Å². The Labute approximate surface area is 111 Å². The Morgan fingerprint density at radius 1 is 1.53 bits per heavy atom. The number of carbonyl (C=O) groups is 1. The first-order valence-corrected chi connectivity index (χ1v) is 6.07. The second kappa shape index (κ2) is 7.58. The molecule has 0 aromatic heterocycles. The number of halogens is 1. The van der Waals surface area contributed by atoms with Crippen LogP contribution >= 0.6 is 0 Å². The molecule has 1 aromatic rings. The Morgan fingerprint density at radius 2 is 2.26 bits per heavy atom. The van der Waals surface area contributed by atoms with E-state index in [2.05, 4.69) is 10.6 Å². The first-order valence-electron chi connectivity index (χ1n) is 6.07. The molecule has 1 rings (SSSR count). The van der Waals surface area contributed by atoms with Gasteiger partial charge in [0.15, 0.2) is 11.6 Å². The molecule has 0 fully saturated rings. The maximum Gasteiger partial charge on any atom is 0.315 e. The van der Waals surface area contributed by atoms with Crippen molar-refractivity contribution >= 4 is 6.03 Å². The third-order valence-corrected chi connectivity index (χ3v) is 2.64. The molecule has 1 atom stereocenters. The Bertz CT molecular complexity index is 426. The Kier molecular flexibility index (Phi) is 6.08. The van der Waals surface area contributed by atoms with Crippen LogP contribution in [0.4, 0.5) is 9.18 Å². The van der Waals surface area contributed by atoms with E-state index in [1.54, 1.807) is 13.0 Å². The van der Waals surface area contributed by atoms with Gasteiger partial charge in [-0.3, -0.25) is 0 Å². The van der Waals surface area contributed by atoms with Gasteiger partial charge in [0.2, 0.25) is 0 Å². The molecule has 106 valence electrons. The fourth-order valence-electron chi connectivity index (χ4n) is 1.56. The number of hydrogen-bond acceptors (Lipinski definition) is 3. The zero-order chi connectivity index (χ0) is 14.3. The van der Waals surface area contributed by atoms with Crippen LogP contribution in [0.1, 0.15) is 24.9 Å². The quantitative estimate of drug-likeness (QED) is 0.687. The molecule has 0 heterocycles. The number of amides is 2. The van der Waals surface area contributed by atoms with Crippen LogP contribution in [0.25, 0.3) is 0 Å². The number of carbonyl (C=O) groups excluding carboxylic acids is 1. The van der Waals surface area contributed by atoms with Crippen molar-refractivity contribution in [2.75, 3.05) is 20.3 Å². The molecule has 0 aliphatic carbocycles. The maximum absolute atomic E-state index is 13.5. The Balaban J connectivity index is 2.55. The number of rotatable bonds is 6. The molecule has 5 nitrogen and oxygen atoms in total. The van der Waals surface area contributed by atoms with Gasteiger partial charge in [-0.15, -0.1) is 0 Å². The van der Waals surface area contributed by atoms with Crippen molar-refractivity contribution in [2.45, 2.75) is 19.4 Å². The monoisotopic (exact) mass is 270 g/mol. The first-order chi connectivity index (χ1) is 9.08. The molecule has 0 aliphatic rings. The minimum Gasteiger partial charge on any atom is -0.494 e. The van der Waals surface area contributed by atoms with Crippen molar-refractivity contribution in [3.05, 3.63) is 29.6 Å². The molecule has 0 spiro atoms. The van der Waals surface area contributed by atoms with Crippen LogP contribution in [0, 0.1) is 5.82 Å². The lowest BCUT2D eigenvalue weighted by molar-refractivity contribution is 0.235. The predicted molar refractivity (Wildman–Crippen MR) is 69.6 cm³/mol. The summed E-state index contributed by atoms with van der Waals surface area (Å²) in [5.74, 6) is -0.294. The number of benzene rings is 1. The van der Waals surface area contributed by atoms with Gasteiger partial charge in [-0.05, 0) is 31.0 Å². The van der Waals surface area contributed by atoms with Gasteiger partial charge in [-0.2, -0.15) is 0 Å². The number of ether oxygens (including phenoxy) is 1.